The van der Waals surface area contributed by atoms with Gasteiger partial charge in [0.15, 0.2) is 6.10 Å². The predicted octanol–water partition coefficient (Wildman–Crippen LogP) is 2.55. The van der Waals surface area contributed by atoms with Crippen LogP contribution in [-0.2, 0) is 4.79 Å². The molecule has 0 bridgehead atoms. The van der Waals surface area contributed by atoms with Crippen LogP contribution in [0.2, 0.25) is 0 Å². The molecule has 0 aliphatic carbocycles. The van der Waals surface area contributed by atoms with E-state index in [2.05, 4.69) is 0 Å². The zero-order valence-corrected chi connectivity index (χ0v) is 14.6. The minimum atomic E-state index is -1.22. The maximum Gasteiger partial charge on any atom is 0.256 e. The highest BCUT2D eigenvalue weighted by Crippen LogP contribution is 2.36. The van der Waals surface area contributed by atoms with Crippen LogP contribution in [0.25, 0.3) is 0 Å². The zero-order chi connectivity index (χ0) is 18.7. The van der Waals surface area contributed by atoms with Crippen molar-refractivity contribution >= 4 is 5.91 Å². The molecule has 2 aromatic carbocycles. The smallest absolute Gasteiger partial charge is 0.256 e. The number of likely N-dealkylation sites (tertiary alicyclic amines) is 1. The van der Waals surface area contributed by atoms with Gasteiger partial charge < -0.3 is 25.0 Å². The van der Waals surface area contributed by atoms with Gasteiger partial charge in [0.25, 0.3) is 5.91 Å². The number of piperidine rings is 1. The van der Waals surface area contributed by atoms with E-state index >= 15 is 0 Å². The fourth-order valence-corrected chi connectivity index (χ4v) is 3.42. The highest BCUT2D eigenvalue weighted by atomic mass is 16.5. The second-order valence-electron chi connectivity index (χ2n) is 6.52. The van der Waals surface area contributed by atoms with Crippen molar-refractivity contribution in [2.45, 2.75) is 24.9 Å². The summed E-state index contributed by atoms with van der Waals surface area (Å²) >= 11 is 0. The van der Waals surface area contributed by atoms with Crippen LogP contribution in [0.1, 0.15) is 36.0 Å². The number of nitrogens with zero attached hydrogens (tertiary/aromatic N) is 1. The second-order valence-corrected chi connectivity index (χ2v) is 6.52. The minimum absolute atomic E-state index is 0.0280. The summed E-state index contributed by atoms with van der Waals surface area (Å²) in [5.41, 5.74) is 1.29. The molecule has 1 aliphatic heterocycles. The van der Waals surface area contributed by atoms with Gasteiger partial charge in [0.1, 0.15) is 17.2 Å². The molecule has 0 saturated carbocycles. The molecule has 1 heterocycles. The molecule has 6 nitrogen and oxygen atoms in total. The van der Waals surface area contributed by atoms with Crippen LogP contribution in [0.5, 0.6) is 17.2 Å². The molecule has 1 saturated heterocycles. The summed E-state index contributed by atoms with van der Waals surface area (Å²) in [4.78, 5) is 14.3. The SMILES string of the molecule is COc1cccc([C@H](O)C(=O)N2CCC(c3ccc(O)cc3O)CC2)c1. The molecule has 1 amide bonds. The first kappa shape index (κ1) is 18.1. The van der Waals surface area contributed by atoms with E-state index in [0.29, 0.717) is 37.2 Å². The Morgan fingerprint density at radius 2 is 1.88 bits per heavy atom. The van der Waals surface area contributed by atoms with Gasteiger partial charge >= 0.3 is 0 Å². The number of carbonyl (C=O) groups excluding carboxylic acids is 1. The van der Waals surface area contributed by atoms with E-state index in [4.69, 9.17) is 4.74 Å². The Morgan fingerprint density at radius 1 is 1.15 bits per heavy atom. The lowest BCUT2D eigenvalue weighted by molar-refractivity contribution is -0.141. The first-order valence-corrected chi connectivity index (χ1v) is 8.62. The number of methoxy groups -OCH3 is 1. The summed E-state index contributed by atoms with van der Waals surface area (Å²) in [7, 11) is 1.54. The van der Waals surface area contributed by atoms with Crippen LogP contribution in [0.15, 0.2) is 42.5 Å². The van der Waals surface area contributed by atoms with E-state index in [-0.39, 0.29) is 23.3 Å². The number of phenolic OH excluding ortho intramolecular Hbond substituents is 2. The molecule has 3 rings (SSSR count). The van der Waals surface area contributed by atoms with Gasteiger partial charge in [-0.05, 0) is 48.1 Å². The van der Waals surface area contributed by atoms with Crippen LogP contribution >= 0.6 is 0 Å². The lowest BCUT2D eigenvalue weighted by Crippen LogP contribution is -2.40. The Balaban J connectivity index is 1.64. The Hall–Kier alpha value is -2.73. The molecule has 0 radical (unpaired) electrons. The predicted molar refractivity (Wildman–Crippen MR) is 96.3 cm³/mol. The molecule has 6 heteroatoms. The normalized spacial score (nSPS) is 16.3. The summed E-state index contributed by atoms with van der Waals surface area (Å²) in [6.45, 7) is 1.01. The minimum Gasteiger partial charge on any atom is -0.508 e. The van der Waals surface area contributed by atoms with Crippen molar-refractivity contribution in [1.29, 1.82) is 0 Å². The van der Waals surface area contributed by atoms with Crippen LogP contribution in [0.4, 0.5) is 0 Å². The number of aliphatic hydroxyl groups is 1. The van der Waals surface area contributed by atoms with Gasteiger partial charge in [-0.3, -0.25) is 4.79 Å². The molecule has 1 aliphatic rings. The molecule has 3 N–H and O–H groups in total. The van der Waals surface area contributed by atoms with Crippen molar-refractivity contribution in [3.63, 3.8) is 0 Å². The standard InChI is InChI=1S/C20H23NO5/c1-26-16-4-2-3-14(11-16)19(24)20(25)21-9-7-13(8-10-21)17-6-5-15(22)12-18(17)23/h2-6,11-13,19,22-24H,7-10H2,1H3/t19-/m0/s1. The molecule has 26 heavy (non-hydrogen) atoms. The zero-order valence-electron chi connectivity index (χ0n) is 14.6. The van der Waals surface area contributed by atoms with Gasteiger partial charge in [-0.25, -0.2) is 0 Å². The Morgan fingerprint density at radius 3 is 2.54 bits per heavy atom. The van der Waals surface area contributed by atoms with Gasteiger partial charge in [0, 0.05) is 19.2 Å². The van der Waals surface area contributed by atoms with Crippen LogP contribution in [0, 0.1) is 0 Å². The Bertz CT molecular complexity index is 784. The van der Waals surface area contributed by atoms with Gasteiger partial charge in [-0.2, -0.15) is 0 Å². The van der Waals surface area contributed by atoms with E-state index in [1.807, 2.05) is 0 Å². The van der Waals surface area contributed by atoms with Gasteiger partial charge in [-0.1, -0.05) is 18.2 Å². The average Bonchev–Trinajstić information content (AvgIpc) is 2.67. The Kier molecular flexibility index (Phi) is 5.32. The third-order valence-corrected chi connectivity index (χ3v) is 4.90. The highest BCUT2D eigenvalue weighted by Gasteiger charge is 2.29. The van der Waals surface area contributed by atoms with E-state index in [9.17, 15) is 20.1 Å². The number of amides is 1. The summed E-state index contributed by atoms with van der Waals surface area (Å²) in [6, 6.07) is 11.5. The molecular weight excluding hydrogens is 334 g/mol. The van der Waals surface area contributed by atoms with Crippen molar-refractivity contribution in [1.82, 2.24) is 4.90 Å². The number of hydrogen-bond donors (Lipinski definition) is 3. The maximum atomic E-state index is 12.6. The van der Waals surface area contributed by atoms with E-state index < -0.39 is 6.10 Å². The Labute approximate surface area is 152 Å². The fourth-order valence-electron chi connectivity index (χ4n) is 3.42. The topological polar surface area (TPSA) is 90.2 Å². The molecular formula is C20H23NO5. The van der Waals surface area contributed by atoms with Crippen LogP contribution in [-0.4, -0.2) is 46.3 Å². The largest absolute Gasteiger partial charge is 0.508 e. The molecule has 2 aromatic rings. The van der Waals surface area contributed by atoms with Crippen molar-refractivity contribution in [2.24, 2.45) is 0 Å². The number of phenols is 2. The van der Waals surface area contributed by atoms with Crippen molar-refractivity contribution in [2.75, 3.05) is 20.2 Å². The molecule has 138 valence electrons. The molecule has 0 unspecified atom stereocenters. The summed E-state index contributed by atoms with van der Waals surface area (Å²) in [5.74, 6) is 0.488. The first-order valence-electron chi connectivity index (χ1n) is 8.62. The van der Waals surface area contributed by atoms with Crippen molar-refractivity contribution in [3.05, 3.63) is 53.6 Å². The summed E-state index contributed by atoms with van der Waals surface area (Å²) < 4.78 is 5.14. The number of ether oxygens (including phenoxy) is 1. The fraction of sp³-hybridized carbons (Fsp3) is 0.350. The average molecular weight is 357 g/mol. The number of hydrogen-bond acceptors (Lipinski definition) is 5. The third-order valence-electron chi connectivity index (χ3n) is 4.90. The van der Waals surface area contributed by atoms with Crippen molar-refractivity contribution < 1.29 is 24.9 Å². The molecule has 1 fully saturated rings. The summed E-state index contributed by atoms with van der Waals surface area (Å²) in [6.07, 6.45) is 0.160. The number of aliphatic hydroxyl groups excluding tert-OH is 1. The lowest BCUT2D eigenvalue weighted by atomic mass is 9.88. The first-order chi connectivity index (χ1) is 12.5. The van der Waals surface area contributed by atoms with Crippen LogP contribution in [0.3, 0.4) is 0 Å². The quantitative estimate of drug-likeness (QED) is 0.782. The van der Waals surface area contributed by atoms with E-state index in [1.165, 1.54) is 13.2 Å². The number of rotatable bonds is 4. The maximum absolute atomic E-state index is 12.6. The molecule has 0 aromatic heterocycles. The van der Waals surface area contributed by atoms with Crippen LogP contribution < -0.4 is 4.74 Å². The number of aromatic hydroxyl groups is 2. The van der Waals surface area contributed by atoms with E-state index in [0.717, 1.165) is 5.56 Å². The number of benzene rings is 2. The second kappa shape index (κ2) is 7.66. The molecule has 1 atom stereocenters. The third kappa shape index (κ3) is 3.75. The van der Waals surface area contributed by atoms with Gasteiger partial charge in [0.05, 0.1) is 7.11 Å². The van der Waals surface area contributed by atoms with Gasteiger partial charge in [-0.15, -0.1) is 0 Å². The summed E-state index contributed by atoms with van der Waals surface area (Å²) in [5, 5.41) is 29.8. The highest BCUT2D eigenvalue weighted by molar-refractivity contribution is 5.82. The van der Waals surface area contributed by atoms with E-state index in [1.54, 1.807) is 41.3 Å². The molecule has 0 spiro atoms. The monoisotopic (exact) mass is 357 g/mol. The van der Waals surface area contributed by atoms with Gasteiger partial charge in [0.2, 0.25) is 0 Å². The van der Waals surface area contributed by atoms with Crippen molar-refractivity contribution in [3.8, 4) is 17.2 Å². The lowest BCUT2D eigenvalue weighted by Gasteiger charge is -2.33. The number of carbonyl (C=O) groups is 1.